The summed E-state index contributed by atoms with van der Waals surface area (Å²) in [6.07, 6.45) is 0. The first kappa shape index (κ1) is 31.6. The lowest BCUT2D eigenvalue weighted by molar-refractivity contribution is -0.385. The number of methoxy groups -OCH3 is 1. The van der Waals surface area contributed by atoms with E-state index in [1.807, 2.05) is 12.1 Å². The van der Waals surface area contributed by atoms with Gasteiger partial charge in [0.05, 0.1) is 35.1 Å². The number of nitrogens with one attached hydrogen (secondary N) is 1. The number of nitro benzene ring substituents is 1. The predicted molar refractivity (Wildman–Crippen MR) is 170 cm³/mol. The minimum Gasteiger partial charge on any atom is -0.466 e. The smallest absolute Gasteiger partial charge is 0.336 e. The number of allylic oxidation sites excluding steroid dienone is 2. The molecule has 0 saturated carbocycles. The van der Waals surface area contributed by atoms with Gasteiger partial charge in [-0.3, -0.25) is 19.9 Å². The number of dihydropyridines is 1. The third-order valence-electron chi connectivity index (χ3n) is 8.47. The van der Waals surface area contributed by atoms with Gasteiger partial charge in [-0.1, -0.05) is 78.9 Å². The topological polar surface area (TPSA) is 114 Å². The molecule has 234 valence electrons. The van der Waals surface area contributed by atoms with E-state index in [0.29, 0.717) is 17.9 Å². The van der Waals surface area contributed by atoms with Crippen LogP contribution in [0.1, 0.15) is 42.5 Å². The number of carbonyl (C=O) groups is 2. The summed E-state index contributed by atoms with van der Waals surface area (Å²) in [5.74, 6) is -2.34. The molecule has 0 aromatic heterocycles. The molecule has 10 nitrogen and oxygen atoms in total. The Labute approximate surface area is 263 Å². The van der Waals surface area contributed by atoms with Crippen molar-refractivity contribution in [3.63, 3.8) is 0 Å². The normalized spacial score (nSPS) is 17.6. The van der Waals surface area contributed by atoms with Gasteiger partial charge in [0.25, 0.3) is 5.69 Å². The molecule has 1 atom stereocenters. The molecule has 0 amide bonds. The van der Waals surface area contributed by atoms with Crippen LogP contribution in [0.4, 0.5) is 5.69 Å². The molecule has 3 aromatic carbocycles. The molecule has 1 N–H and O–H groups in total. The van der Waals surface area contributed by atoms with E-state index >= 15 is 0 Å². The van der Waals surface area contributed by atoms with Crippen LogP contribution in [0, 0.1) is 10.1 Å². The Hall–Kier alpha value is -4.80. The van der Waals surface area contributed by atoms with E-state index in [0.717, 1.165) is 26.2 Å². The van der Waals surface area contributed by atoms with Gasteiger partial charge in [-0.05, 0) is 25.0 Å². The number of nitrogens with zero attached hydrogens (tertiary/aromatic N) is 3. The number of benzene rings is 3. The van der Waals surface area contributed by atoms with Crippen LogP contribution >= 0.6 is 0 Å². The third-order valence-corrected chi connectivity index (χ3v) is 8.47. The van der Waals surface area contributed by atoms with E-state index in [2.05, 4.69) is 63.6 Å². The van der Waals surface area contributed by atoms with E-state index in [1.54, 1.807) is 32.0 Å². The molecule has 0 bridgehead atoms. The molecule has 1 saturated heterocycles. The monoisotopic (exact) mass is 610 g/mol. The van der Waals surface area contributed by atoms with E-state index < -0.39 is 22.8 Å². The molecule has 1 fully saturated rings. The molecule has 0 radical (unpaired) electrons. The Morgan fingerprint density at radius 1 is 0.844 bits per heavy atom. The second-order valence-electron chi connectivity index (χ2n) is 11.2. The number of hydrogen-bond acceptors (Lipinski definition) is 9. The van der Waals surface area contributed by atoms with Gasteiger partial charge in [-0.15, -0.1) is 0 Å². The second kappa shape index (κ2) is 14.3. The fourth-order valence-corrected chi connectivity index (χ4v) is 6.33. The van der Waals surface area contributed by atoms with Crippen LogP contribution in [0.15, 0.2) is 107 Å². The van der Waals surface area contributed by atoms with Crippen LogP contribution in [-0.2, 0) is 19.1 Å². The van der Waals surface area contributed by atoms with Gasteiger partial charge in [-0.25, -0.2) is 9.59 Å². The van der Waals surface area contributed by atoms with Crippen molar-refractivity contribution in [3.05, 3.63) is 134 Å². The Morgan fingerprint density at radius 2 is 1.38 bits per heavy atom. The number of nitro groups is 1. The lowest BCUT2D eigenvalue weighted by atomic mass is 9.79. The molecule has 2 aliphatic rings. The Kier molecular flexibility index (Phi) is 10.1. The minimum atomic E-state index is -1.02. The van der Waals surface area contributed by atoms with Crippen LogP contribution in [0.3, 0.4) is 0 Å². The zero-order valence-electron chi connectivity index (χ0n) is 25.8. The van der Waals surface area contributed by atoms with Crippen LogP contribution in [0.2, 0.25) is 0 Å². The van der Waals surface area contributed by atoms with Crippen molar-refractivity contribution in [2.75, 3.05) is 46.4 Å². The highest BCUT2D eigenvalue weighted by Gasteiger charge is 2.40. The molecule has 0 aliphatic carbocycles. The lowest BCUT2D eigenvalue weighted by Crippen LogP contribution is -2.48. The zero-order valence-corrected chi connectivity index (χ0v) is 25.8. The summed E-state index contributed by atoms with van der Waals surface area (Å²) < 4.78 is 10.8. The summed E-state index contributed by atoms with van der Waals surface area (Å²) in [5.41, 5.74) is 3.73. The molecule has 3 aromatic rings. The maximum Gasteiger partial charge on any atom is 0.336 e. The standard InChI is InChI=1S/C35H38N4O6/c1-24-30(34(40)44-3)32(28-16-10-11-17-29(28)39(42)43)31(25(2)36-24)35(41)45-23-22-37-18-20-38(21-19-37)33(26-12-6-4-7-13-26)27-14-8-5-9-15-27/h4-17,32-33,36H,18-23H2,1-3H3. The van der Waals surface area contributed by atoms with E-state index in [1.165, 1.54) is 24.3 Å². The van der Waals surface area contributed by atoms with Crippen LogP contribution in [0.5, 0.6) is 0 Å². The van der Waals surface area contributed by atoms with E-state index in [9.17, 15) is 19.7 Å². The van der Waals surface area contributed by atoms with Crippen molar-refractivity contribution in [2.24, 2.45) is 0 Å². The summed E-state index contributed by atoms with van der Waals surface area (Å²) in [6, 6.07) is 27.3. The highest BCUT2D eigenvalue weighted by Crippen LogP contribution is 2.42. The van der Waals surface area contributed by atoms with Crippen LogP contribution < -0.4 is 5.32 Å². The first-order valence-corrected chi connectivity index (χ1v) is 15.0. The summed E-state index contributed by atoms with van der Waals surface area (Å²) in [5, 5.41) is 15.0. The quantitative estimate of drug-likeness (QED) is 0.193. The predicted octanol–water partition coefficient (Wildman–Crippen LogP) is 4.95. The zero-order chi connectivity index (χ0) is 31.9. The Balaban J connectivity index is 1.27. The van der Waals surface area contributed by atoms with Crippen LogP contribution in [-0.4, -0.2) is 73.1 Å². The Morgan fingerprint density at radius 3 is 1.93 bits per heavy atom. The van der Waals surface area contributed by atoms with Gasteiger partial charge in [0.15, 0.2) is 0 Å². The third kappa shape index (κ3) is 6.97. The van der Waals surface area contributed by atoms with E-state index in [-0.39, 0.29) is 35.0 Å². The van der Waals surface area contributed by atoms with E-state index in [4.69, 9.17) is 9.47 Å². The molecular formula is C35H38N4O6. The molecular weight excluding hydrogens is 572 g/mol. The maximum absolute atomic E-state index is 13.6. The first-order chi connectivity index (χ1) is 21.8. The minimum absolute atomic E-state index is 0.131. The number of para-hydroxylation sites is 1. The first-order valence-electron chi connectivity index (χ1n) is 15.0. The maximum atomic E-state index is 13.6. The summed E-state index contributed by atoms with van der Waals surface area (Å²) in [6.45, 7) is 7.37. The average molecular weight is 611 g/mol. The van der Waals surface area contributed by atoms with Crippen molar-refractivity contribution in [1.82, 2.24) is 15.1 Å². The van der Waals surface area contributed by atoms with Crippen LogP contribution in [0.25, 0.3) is 0 Å². The number of piperazine rings is 1. The number of hydrogen-bond donors (Lipinski definition) is 1. The lowest BCUT2D eigenvalue weighted by Gasteiger charge is -2.39. The van der Waals surface area contributed by atoms with Crippen molar-refractivity contribution >= 4 is 17.6 Å². The second-order valence-corrected chi connectivity index (χ2v) is 11.2. The van der Waals surface area contributed by atoms with Crippen molar-refractivity contribution in [3.8, 4) is 0 Å². The largest absolute Gasteiger partial charge is 0.466 e. The van der Waals surface area contributed by atoms with Crippen molar-refractivity contribution in [2.45, 2.75) is 25.8 Å². The van der Waals surface area contributed by atoms with Gasteiger partial charge >= 0.3 is 11.9 Å². The van der Waals surface area contributed by atoms with Crippen molar-refractivity contribution < 1.29 is 24.0 Å². The molecule has 5 rings (SSSR count). The molecule has 10 heteroatoms. The van der Waals surface area contributed by atoms with Gasteiger partial charge < -0.3 is 14.8 Å². The van der Waals surface area contributed by atoms with Gasteiger partial charge in [0.1, 0.15) is 6.61 Å². The highest BCUT2D eigenvalue weighted by atomic mass is 16.6. The number of carbonyl (C=O) groups excluding carboxylic acids is 2. The molecule has 0 spiro atoms. The van der Waals surface area contributed by atoms with Gasteiger partial charge in [0, 0.05) is 55.7 Å². The molecule has 45 heavy (non-hydrogen) atoms. The summed E-state index contributed by atoms with van der Waals surface area (Å²) in [4.78, 5) is 42.7. The average Bonchev–Trinajstić information content (AvgIpc) is 3.06. The Bertz CT molecular complexity index is 1560. The van der Waals surface area contributed by atoms with Crippen molar-refractivity contribution in [1.29, 1.82) is 0 Å². The highest BCUT2D eigenvalue weighted by molar-refractivity contribution is 6.00. The molecule has 2 aliphatic heterocycles. The fraction of sp³-hybridized carbons (Fsp3) is 0.314. The summed E-state index contributed by atoms with van der Waals surface area (Å²) >= 11 is 0. The summed E-state index contributed by atoms with van der Waals surface area (Å²) in [7, 11) is 1.24. The van der Waals surface area contributed by atoms with Gasteiger partial charge in [-0.2, -0.15) is 0 Å². The fourth-order valence-electron chi connectivity index (χ4n) is 6.33. The molecule has 1 unspecified atom stereocenters. The number of esters is 2. The van der Waals surface area contributed by atoms with Gasteiger partial charge in [0.2, 0.25) is 0 Å². The number of ether oxygens (including phenoxy) is 2. The molecule has 2 heterocycles. The number of rotatable bonds is 10. The SMILES string of the molecule is COC(=O)C1=C(C)NC(C)=C(C(=O)OCCN2CCN(C(c3ccccc3)c3ccccc3)CC2)C1c1ccccc1[N+](=O)[O-].